The number of hydrogen-bond donors (Lipinski definition) is 2. The van der Waals surface area contributed by atoms with E-state index in [0.29, 0.717) is 4.99 Å². The number of phenols is 1. The van der Waals surface area contributed by atoms with Crippen LogP contribution in [0.2, 0.25) is 0 Å². The third-order valence-corrected chi connectivity index (χ3v) is 3.34. The predicted octanol–water partition coefficient (Wildman–Crippen LogP) is 2.81. The number of aromatic nitrogens is 1. The summed E-state index contributed by atoms with van der Waals surface area (Å²) >= 11 is 5.14. The van der Waals surface area contributed by atoms with Crippen LogP contribution in [0.15, 0.2) is 30.3 Å². The van der Waals surface area contributed by atoms with Crippen LogP contribution < -0.4 is 10.6 Å². The lowest BCUT2D eigenvalue weighted by atomic mass is 10.1. The zero-order valence-electron chi connectivity index (χ0n) is 11.7. The van der Waals surface area contributed by atoms with Crippen LogP contribution in [-0.4, -0.2) is 22.1 Å². The van der Waals surface area contributed by atoms with Crippen LogP contribution in [0.25, 0.3) is 0 Å². The maximum absolute atomic E-state index is 9.61. The van der Waals surface area contributed by atoms with E-state index in [1.165, 1.54) is 0 Å². The summed E-state index contributed by atoms with van der Waals surface area (Å²) in [6.07, 6.45) is 0. The fourth-order valence-corrected chi connectivity index (χ4v) is 2.47. The lowest BCUT2D eigenvalue weighted by Crippen LogP contribution is -2.20. The minimum absolute atomic E-state index is 0.216. The van der Waals surface area contributed by atoms with Crippen molar-refractivity contribution in [1.29, 1.82) is 0 Å². The highest BCUT2D eigenvalue weighted by molar-refractivity contribution is 7.80. The van der Waals surface area contributed by atoms with Gasteiger partial charge in [0, 0.05) is 30.2 Å². The number of anilines is 2. The lowest BCUT2D eigenvalue weighted by molar-refractivity contribution is 0.475. The first-order valence-electron chi connectivity index (χ1n) is 6.21. The van der Waals surface area contributed by atoms with Gasteiger partial charge in [0.25, 0.3) is 0 Å². The molecule has 104 valence electrons. The molecule has 1 aromatic heterocycles. The average molecular weight is 287 g/mol. The van der Waals surface area contributed by atoms with Gasteiger partial charge in [0.1, 0.15) is 10.7 Å². The summed E-state index contributed by atoms with van der Waals surface area (Å²) in [6.45, 7) is 3.82. The molecule has 0 saturated carbocycles. The highest BCUT2D eigenvalue weighted by Crippen LogP contribution is 2.30. The zero-order valence-corrected chi connectivity index (χ0v) is 12.5. The molecule has 20 heavy (non-hydrogen) atoms. The normalized spacial score (nSPS) is 10.3. The molecule has 0 unspecified atom stereocenters. The van der Waals surface area contributed by atoms with E-state index in [1.807, 2.05) is 37.9 Å². The quantitative estimate of drug-likeness (QED) is 0.850. The second kappa shape index (κ2) is 5.46. The number of hydrogen-bond acceptors (Lipinski definition) is 4. The van der Waals surface area contributed by atoms with Crippen molar-refractivity contribution in [2.75, 3.05) is 11.9 Å². The third-order valence-electron chi connectivity index (χ3n) is 3.13. The molecule has 3 N–H and O–H groups in total. The van der Waals surface area contributed by atoms with Gasteiger partial charge in [-0.3, -0.25) is 4.98 Å². The molecular formula is C15H17N3OS. The number of nitrogens with zero attached hydrogens (tertiary/aromatic N) is 2. The van der Waals surface area contributed by atoms with Crippen LogP contribution >= 0.6 is 12.2 Å². The number of aryl methyl sites for hydroxylation is 2. The topological polar surface area (TPSA) is 62.4 Å². The molecule has 0 aliphatic rings. The molecule has 0 atom stereocenters. The Morgan fingerprint density at radius 1 is 1.30 bits per heavy atom. The molecule has 4 nitrogen and oxygen atoms in total. The number of phenolic OH excluding ortho intramolecular Hbond substituents is 1. The number of benzene rings is 1. The molecule has 0 amide bonds. The fourth-order valence-electron chi connectivity index (χ4n) is 2.22. The first-order valence-corrected chi connectivity index (χ1v) is 6.62. The van der Waals surface area contributed by atoms with Gasteiger partial charge in [0.2, 0.25) is 0 Å². The summed E-state index contributed by atoms with van der Waals surface area (Å²) in [4.78, 5) is 6.66. The van der Waals surface area contributed by atoms with Gasteiger partial charge in [0.15, 0.2) is 0 Å². The van der Waals surface area contributed by atoms with E-state index in [0.717, 1.165) is 28.3 Å². The van der Waals surface area contributed by atoms with Gasteiger partial charge in [0.05, 0.1) is 11.3 Å². The Bertz CT molecular complexity index is 670. The van der Waals surface area contributed by atoms with Gasteiger partial charge in [-0.05, 0) is 32.0 Å². The number of pyridine rings is 1. The predicted molar refractivity (Wildman–Crippen MR) is 85.8 cm³/mol. The first-order chi connectivity index (χ1) is 9.40. The van der Waals surface area contributed by atoms with Crippen molar-refractivity contribution >= 4 is 28.6 Å². The maximum Gasteiger partial charge on any atom is 0.117 e. The molecule has 0 spiro atoms. The van der Waals surface area contributed by atoms with E-state index < -0.39 is 0 Å². The molecule has 0 aliphatic carbocycles. The summed E-state index contributed by atoms with van der Waals surface area (Å²) in [5.74, 6) is 0.216. The fraction of sp³-hybridized carbons (Fsp3) is 0.200. The van der Waals surface area contributed by atoms with Crippen molar-refractivity contribution in [1.82, 2.24) is 4.98 Å². The zero-order chi connectivity index (χ0) is 14.9. The molecule has 2 aromatic rings. The number of thiocarbonyl (C=S) groups is 1. The second-order valence-corrected chi connectivity index (χ2v) is 5.13. The van der Waals surface area contributed by atoms with Crippen LogP contribution in [0.5, 0.6) is 5.75 Å². The van der Waals surface area contributed by atoms with Gasteiger partial charge in [-0.2, -0.15) is 0 Å². The van der Waals surface area contributed by atoms with E-state index in [-0.39, 0.29) is 5.75 Å². The highest BCUT2D eigenvalue weighted by atomic mass is 32.1. The van der Waals surface area contributed by atoms with E-state index in [2.05, 4.69) is 4.98 Å². The van der Waals surface area contributed by atoms with Crippen LogP contribution in [-0.2, 0) is 0 Å². The Balaban J connectivity index is 2.59. The Hall–Kier alpha value is -2.14. The van der Waals surface area contributed by atoms with Crippen LogP contribution in [0.1, 0.15) is 17.0 Å². The standard InChI is InChI=1S/C15H17N3OS/c1-9-7-13(14(15(16)20)10(2)17-9)18(3)11-5-4-6-12(19)8-11/h4-8,19H,1-3H3,(H2,16,20). The van der Waals surface area contributed by atoms with E-state index in [9.17, 15) is 5.11 Å². The number of nitrogens with two attached hydrogens (primary N) is 1. The van der Waals surface area contributed by atoms with E-state index >= 15 is 0 Å². The monoisotopic (exact) mass is 287 g/mol. The molecule has 0 radical (unpaired) electrons. The first kappa shape index (κ1) is 14.3. The van der Waals surface area contributed by atoms with Gasteiger partial charge in [-0.1, -0.05) is 18.3 Å². The Labute approximate surface area is 123 Å². The maximum atomic E-state index is 9.61. The van der Waals surface area contributed by atoms with Gasteiger partial charge >= 0.3 is 0 Å². The minimum Gasteiger partial charge on any atom is -0.508 e. The Morgan fingerprint density at radius 2 is 2.00 bits per heavy atom. The molecule has 0 saturated heterocycles. The number of aromatic hydroxyl groups is 1. The smallest absolute Gasteiger partial charge is 0.117 e. The molecule has 0 bridgehead atoms. The molecule has 0 aliphatic heterocycles. The van der Waals surface area contributed by atoms with Crippen molar-refractivity contribution in [3.63, 3.8) is 0 Å². The van der Waals surface area contributed by atoms with Gasteiger partial charge in [-0.15, -0.1) is 0 Å². The Morgan fingerprint density at radius 3 is 2.60 bits per heavy atom. The third kappa shape index (κ3) is 2.72. The van der Waals surface area contributed by atoms with Crippen LogP contribution in [0.3, 0.4) is 0 Å². The molecule has 5 heteroatoms. The van der Waals surface area contributed by atoms with Crippen molar-refractivity contribution in [3.05, 3.63) is 47.3 Å². The van der Waals surface area contributed by atoms with Crippen molar-refractivity contribution in [2.24, 2.45) is 5.73 Å². The second-order valence-electron chi connectivity index (χ2n) is 4.69. The summed E-state index contributed by atoms with van der Waals surface area (Å²) in [5.41, 5.74) is 10.0. The van der Waals surface area contributed by atoms with E-state index in [4.69, 9.17) is 18.0 Å². The largest absolute Gasteiger partial charge is 0.508 e. The molecule has 0 fully saturated rings. The SMILES string of the molecule is Cc1cc(N(C)c2cccc(O)c2)c(C(N)=S)c(C)n1. The van der Waals surface area contributed by atoms with Crippen molar-refractivity contribution < 1.29 is 5.11 Å². The molecular weight excluding hydrogens is 270 g/mol. The Kier molecular flexibility index (Phi) is 3.90. The number of rotatable bonds is 3. The average Bonchev–Trinajstić information content (AvgIpc) is 2.36. The molecule has 1 aromatic carbocycles. The summed E-state index contributed by atoms with van der Waals surface area (Å²) < 4.78 is 0. The summed E-state index contributed by atoms with van der Waals surface area (Å²) in [6, 6.07) is 8.96. The van der Waals surface area contributed by atoms with Gasteiger partial charge in [-0.25, -0.2) is 0 Å². The minimum atomic E-state index is 0.216. The van der Waals surface area contributed by atoms with Crippen molar-refractivity contribution in [2.45, 2.75) is 13.8 Å². The molecule has 2 rings (SSSR count). The van der Waals surface area contributed by atoms with E-state index in [1.54, 1.807) is 18.2 Å². The lowest BCUT2D eigenvalue weighted by Gasteiger charge is -2.24. The van der Waals surface area contributed by atoms with Crippen molar-refractivity contribution in [3.8, 4) is 5.75 Å². The summed E-state index contributed by atoms with van der Waals surface area (Å²) in [5, 5.41) is 9.61. The molecule has 1 heterocycles. The van der Waals surface area contributed by atoms with Crippen LogP contribution in [0.4, 0.5) is 11.4 Å². The summed E-state index contributed by atoms with van der Waals surface area (Å²) in [7, 11) is 1.91. The highest BCUT2D eigenvalue weighted by Gasteiger charge is 2.15. The van der Waals surface area contributed by atoms with Crippen LogP contribution in [0, 0.1) is 13.8 Å². The van der Waals surface area contributed by atoms with Gasteiger partial charge < -0.3 is 15.7 Å².